The van der Waals surface area contributed by atoms with Gasteiger partial charge in [0, 0.05) is 33.0 Å². The van der Waals surface area contributed by atoms with Gasteiger partial charge in [-0.2, -0.15) is 0 Å². The third kappa shape index (κ3) is 2.52. The lowest BCUT2D eigenvalue weighted by molar-refractivity contribution is -0.117. The molecule has 4 nitrogen and oxygen atoms in total. The predicted molar refractivity (Wildman–Crippen MR) is 75.1 cm³/mol. The average molecular weight is 258 g/mol. The number of hydrogen-bond acceptors (Lipinski definition) is 2. The van der Waals surface area contributed by atoms with E-state index >= 15 is 0 Å². The summed E-state index contributed by atoms with van der Waals surface area (Å²) in [5.74, 6) is 0.115. The van der Waals surface area contributed by atoms with E-state index in [9.17, 15) is 9.59 Å². The van der Waals surface area contributed by atoms with E-state index in [2.05, 4.69) is 6.58 Å². The Labute approximate surface area is 113 Å². The first-order valence-corrected chi connectivity index (χ1v) is 6.28. The third-order valence-corrected chi connectivity index (χ3v) is 3.32. The van der Waals surface area contributed by atoms with Gasteiger partial charge in [0.05, 0.1) is 11.3 Å². The minimum absolute atomic E-state index is 0.0453. The molecular formula is C15H18N2O2. The molecule has 100 valence electrons. The van der Waals surface area contributed by atoms with Crippen molar-refractivity contribution in [2.24, 2.45) is 5.92 Å². The van der Waals surface area contributed by atoms with Crippen molar-refractivity contribution in [3.05, 3.63) is 42.5 Å². The molecule has 1 saturated heterocycles. The highest BCUT2D eigenvalue weighted by molar-refractivity contribution is 6.05. The van der Waals surface area contributed by atoms with Crippen LogP contribution in [0.3, 0.4) is 0 Å². The Hall–Kier alpha value is -2.10. The molecule has 0 aromatic heterocycles. The van der Waals surface area contributed by atoms with Crippen LogP contribution in [-0.2, 0) is 4.79 Å². The summed E-state index contributed by atoms with van der Waals surface area (Å²) in [5, 5.41) is 0. The van der Waals surface area contributed by atoms with Crippen LogP contribution in [-0.4, -0.2) is 37.4 Å². The topological polar surface area (TPSA) is 40.6 Å². The molecule has 1 aromatic carbocycles. The summed E-state index contributed by atoms with van der Waals surface area (Å²) >= 11 is 0. The van der Waals surface area contributed by atoms with Crippen LogP contribution in [0.15, 0.2) is 36.9 Å². The lowest BCUT2D eigenvalue weighted by Gasteiger charge is -2.21. The van der Waals surface area contributed by atoms with Crippen LogP contribution in [0.5, 0.6) is 0 Å². The number of carbonyl (C=O) groups excluding carboxylic acids is 2. The largest absolute Gasteiger partial charge is 0.345 e. The van der Waals surface area contributed by atoms with Crippen LogP contribution in [0.25, 0.3) is 0 Å². The van der Waals surface area contributed by atoms with Crippen molar-refractivity contribution in [2.75, 3.05) is 25.5 Å². The van der Waals surface area contributed by atoms with Gasteiger partial charge in [-0.3, -0.25) is 9.59 Å². The lowest BCUT2D eigenvalue weighted by atomic mass is 10.1. The van der Waals surface area contributed by atoms with E-state index in [4.69, 9.17) is 0 Å². The Morgan fingerprint density at radius 1 is 1.42 bits per heavy atom. The first-order chi connectivity index (χ1) is 9.04. The zero-order chi connectivity index (χ0) is 14.0. The van der Waals surface area contributed by atoms with Crippen LogP contribution in [0, 0.1) is 5.92 Å². The van der Waals surface area contributed by atoms with Crippen LogP contribution in [0.2, 0.25) is 0 Å². The summed E-state index contributed by atoms with van der Waals surface area (Å²) in [4.78, 5) is 27.4. The van der Waals surface area contributed by atoms with E-state index in [0.29, 0.717) is 24.2 Å². The molecule has 1 unspecified atom stereocenters. The lowest BCUT2D eigenvalue weighted by Crippen LogP contribution is -2.29. The van der Waals surface area contributed by atoms with Gasteiger partial charge < -0.3 is 9.80 Å². The second kappa shape index (κ2) is 5.26. The summed E-state index contributed by atoms with van der Waals surface area (Å²) in [6.45, 7) is 4.33. The minimum atomic E-state index is -0.0922. The molecule has 1 aliphatic rings. The third-order valence-electron chi connectivity index (χ3n) is 3.32. The van der Waals surface area contributed by atoms with E-state index in [1.165, 1.54) is 4.90 Å². The SMILES string of the molecule is C=CC1CC(=O)N(c2ccccc2C(=O)N(C)C)C1. The van der Waals surface area contributed by atoms with E-state index in [1.54, 1.807) is 31.1 Å². The molecule has 0 spiro atoms. The highest BCUT2D eigenvalue weighted by Gasteiger charge is 2.31. The molecule has 1 fully saturated rings. The first kappa shape index (κ1) is 13.3. The second-order valence-corrected chi connectivity index (χ2v) is 4.92. The molecule has 0 aliphatic carbocycles. The number of anilines is 1. The molecule has 0 bridgehead atoms. The van der Waals surface area contributed by atoms with Crippen LogP contribution < -0.4 is 4.90 Å². The standard InChI is InChI=1S/C15H18N2O2/c1-4-11-9-14(18)17(10-11)13-8-6-5-7-12(13)15(19)16(2)3/h4-8,11H,1,9-10H2,2-3H3. The second-order valence-electron chi connectivity index (χ2n) is 4.92. The first-order valence-electron chi connectivity index (χ1n) is 6.28. The van der Waals surface area contributed by atoms with E-state index in [0.717, 1.165) is 0 Å². The molecule has 2 rings (SSSR count). The van der Waals surface area contributed by atoms with Crippen molar-refractivity contribution >= 4 is 17.5 Å². The molecule has 0 N–H and O–H groups in total. The Balaban J connectivity index is 2.38. The number of nitrogens with zero attached hydrogens (tertiary/aromatic N) is 2. The van der Waals surface area contributed by atoms with Gasteiger partial charge >= 0.3 is 0 Å². The van der Waals surface area contributed by atoms with Gasteiger partial charge in [0.2, 0.25) is 5.91 Å². The van der Waals surface area contributed by atoms with Gasteiger partial charge in [0.25, 0.3) is 5.91 Å². The Bertz CT molecular complexity index is 523. The van der Waals surface area contributed by atoms with Crippen LogP contribution in [0.4, 0.5) is 5.69 Å². The summed E-state index contributed by atoms with van der Waals surface area (Å²) in [6.07, 6.45) is 2.27. The van der Waals surface area contributed by atoms with Crippen molar-refractivity contribution < 1.29 is 9.59 Å². The number of benzene rings is 1. The monoisotopic (exact) mass is 258 g/mol. The van der Waals surface area contributed by atoms with Crippen LogP contribution >= 0.6 is 0 Å². The fraction of sp³-hybridized carbons (Fsp3) is 0.333. The Morgan fingerprint density at radius 3 is 2.68 bits per heavy atom. The Kier molecular flexibility index (Phi) is 3.69. The maximum absolute atomic E-state index is 12.1. The molecule has 1 aliphatic heterocycles. The highest BCUT2D eigenvalue weighted by atomic mass is 16.2. The summed E-state index contributed by atoms with van der Waals surface area (Å²) in [7, 11) is 3.41. The molecular weight excluding hydrogens is 240 g/mol. The maximum Gasteiger partial charge on any atom is 0.255 e. The molecule has 4 heteroatoms. The van der Waals surface area contributed by atoms with Gasteiger partial charge in [-0.15, -0.1) is 6.58 Å². The predicted octanol–water partition coefficient (Wildman–Crippen LogP) is 1.93. The van der Waals surface area contributed by atoms with E-state index in [-0.39, 0.29) is 17.7 Å². The normalized spacial score (nSPS) is 18.5. The molecule has 1 aromatic rings. The zero-order valence-corrected chi connectivity index (χ0v) is 11.3. The zero-order valence-electron chi connectivity index (χ0n) is 11.3. The minimum Gasteiger partial charge on any atom is -0.345 e. The van der Waals surface area contributed by atoms with Gasteiger partial charge in [-0.05, 0) is 12.1 Å². The number of amides is 2. The van der Waals surface area contributed by atoms with Crippen molar-refractivity contribution in [1.29, 1.82) is 0 Å². The summed E-state index contributed by atoms with van der Waals surface area (Å²) < 4.78 is 0. The molecule has 0 radical (unpaired) electrons. The van der Waals surface area contributed by atoms with Gasteiger partial charge in [0.15, 0.2) is 0 Å². The van der Waals surface area contributed by atoms with E-state index < -0.39 is 0 Å². The van der Waals surface area contributed by atoms with Crippen molar-refractivity contribution in [3.63, 3.8) is 0 Å². The number of rotatable bonds is 3. The molecule has 2 amide bonds. The molecule has 19 heavy (non-hydrogen) atoms. The number of carbonyl (C=O) groups is 2. The average Bonchev–Trinajstić information content (AvgIpc) is 2.79. The van der Waals surface area contributed by atoms with Gasteiger partial charge in [-0.1, -0.05) is 18.2 Å². The smallest absolute Gasteiger partial charge is 0.255 e. The Morgan fingerprint density at radius 2 is 2.11 bits per heavy atom. The molecule has 0 saturated carbocycles. The van der Waals surface area contributed by atoms with Crippen LogP contribution in [0.1, 0.15) is 16.8 Å². The molecule has 1 atom stereocenters. The highest BCUT2D eigenvalue weighted by Crippen LogP contribution is 2.28. The quantitative estimate of drug-likeness (QED) is 0.777. The maximum atomic E-state index is 12.1. The van der Waals surface area contributed by atoms with Crippen molar-refractivity contribution in [2.45, 2.75) is 6.42 Å². The summed E-state index contributed by atoms with van der Waals surface area (Å²) in [6, 6.07) is 7.23. The van der Waals surface area contributed by atoms with Crippen molar-refractivity contribution in [3.8, 4) is 0 Å². The fourth-order valence-corrected chi connectivity index (χ4v) is 2.26. The molecule has 1 heterocycles. The number of hydrogen-bond donors (Lipinski definition) is 0. The summed E-state index contributed by atoms with van der Waals surface area (Å²) in [5.41, 5.74) is 1.25. The van der Waals surface area contributed by atoms with Gasteiger partial charge in [-0.25, -0.2) is 0 Å². The van der Waals surface area contributed by atoms with Gasteiger partial charge in [0.1, 0.15) is 0 Å². The van der Waals surface area contributed by atoms with E-state index in [1.807, 2.05) is 18.2 Å². The fourth-order valence-electron chi connectivity index (χ4n) is 2.26. The number of para-hydroxylation sites is 1. The van der Waals surface area contributed by atoms with Crippen molar-refractivity contribution in [1.82, 2.24) is 4.90 Å².